The summed E-state index contributed by atoms with van der Waals surface area (Å²) < 4.78 is 4.71. The predicted octanol–water partition coefficient (Wildman–Crippen LogP) is -0.713. The van der Waals surface area contributed by atoms with Gasteiger partial charge in [-0.2, -0.15) is 4.98 Å². The monoisotopic (exact) mass is 238 g/mol. The van der Waals surface area contributed by atoms with Crippen LogP contribution in [0.15, 0.2) is 0 Å². The molecule has 1 saturated heterocycles. The number of amides is 1. The summed E-state index contributed by atoms with van der Waals surface area (Å²) in [6, 6.07) is 0. The second-order valence-electron chi connectivity index (χ2n) is 3.40. The molecule has 2 rings (SSSR count). The lowest BCUT2D eigenvalue weighted by atomic mass is 10.3. The fourth-order valence-corrected chi connectivity index (χ4v) is 1.43. The number of hydrogen-bond acceptors (Lipinski definition) is 6. The quantitative estimate of drug-likeness (QED) is 0.550. The Kier molecular flexibility index (Phi) is 2.86. The Bertz CT molecular complexity index is 481. The van der Waals surface area contributed by atoms with Crippen LogP contribution in [0.3, 0.4) is 0 Å². The Balaban J connectivity index is 2.16. The summed E-state index contributed by atoms with van der Waals surface area (Å²) in [6.45, 7) is 1.83. The number of nitrogens with one attached hydrogen (secondary N) is 1. The van der Waals surface area contributed by atoms with Crippen LogP contribution < -0.4 is 4.90 Å². The minimum absolute atomic E-state index is 0.0175. The van der Waals surface area contributed by atoms with E-state index < -0.39 is 5.97 Å². The van der Waals surface area contributed by atoms with Crippen LogP contribution in [0.2, 0.25) is 0 Å². The van der Waals surface area contributed by atoms with Gasteiger partial charge >= 0.3 is 5.97 Å². The lowest BCUT2D eigenvalue weighted by molar-refractivity contribution is -0.121. The lowest BCUT2D eigenvalue weighted by Crippen LogP contribution is -2.25. The van der Waals surface area contributed by atoms with E-state index in [1.54, 1.807) is 6.92 Å². The maximum absolute atomic E-state index is 11.4. The number of H-pyrrole nitrogens is 1. The predicted molar refractivity (Wildman–Crippen MR) is 54.3 cm³/mol. The van der Waals surface area contributed by atoms with E-state index in [1.807, 2.05) is 0 Å². The number of nitrogens with zero attached hydrogens (tertiary/aromatic N) is 3. The molecule has 0 spiro atoms. The van der Waals surface area contributed by atoms with Crippen molar-refractivity contribution in [3.8, 4) is 0 Å². The number of carbonyl (C=O) groups excluding carboxylic acids is 3. The van der Waals surface area contributed by atoms with Crippen LogP contribution in [0.1, 0.15) is 24.0 Å². The highest BCUT2D eigenvalue weighted by Gasteiger charge is 2.31. The summed E-state index contributed by atoms with van der Waals surface area (Å²) in [5.74, 6) is -1.29. The van der Waals surface area contributed by atoms with Gasteiger partial charge in [-0.1, -0.05) is 0 Å². The molecule has 0 aliphatic carbocycles. The summed E-state index contributed by atoms with van der Waals surface area (Å²) in [5, 5.41) is 6.06. The fourth-order valence-electron chi connectivity index (χ4n) is 1.43. The number of anilines is 1. The summed E-state index contributed by atoms with van der Waals surface area (Å²) in [6.07, 6.45) is -0.150. The molecule has 2 heterocycles. The van der Waals surface area contributed by atoms with Crippen molar-refractivity contribution in [2.45, 2.75) is 13.3 Å². The molecule has 1 fully saturated rings. The van der Waals surface area contributed by atoms with E-state index in [-0.39, 0.29) is 43.0 Å². The van der Waals surface area contributed by atoms with Gasteiger partial charge in [0.15, 0.2) is 5.78 Å². The number of hydrogen-bond donors (Lipinski definition) is 1. The van der Waals surface area contributed by atoms with Crippen LogP contribution in [0.25, 0.3) is 0 Å². The van der Waals surface area contributed by atoms with E-state index in [0.717, 1.165) is 4.90 Å². The molecular formula is C9H10N4O4. The molecule has 1 N–H and O–H groups in total. The number of rotatable bonds is 3. The number of aromatic nitrogens is 3. The first-order chi connectivity index (χ1) is 8.11. The number of Topliss-reactive ketones (excluding diaryl/α,β-unsaturated/α-hetero) is 1. The van der Waals surface area contributed by atoms with E-state index in [9.17, 15) is 14.4 Å². The first kappa shape index (κ1) is 11.2. The van der Waals surface area contributed by atoms with Gasteiger partial charge in [-0.3, -0.25) is 19.6 Å². The van der Waals surface area contributed by atoms with Gasteiger partial charge in [0.1, 0.15) is 0 Å². The summed E-state index contributed by atoms with van der Waals surface area (Å²) in [4.78, 5) is 38.7. The van der Waals surface area contributed by atoms with Crippen molar-refractivity contribution in [1.29, 1.82) is 0 Å². The topological polar surface area (TPSA) is 105 Å². The van der Waals surface area contributed by atoms with Gasteiger partial charge in [0.2, 0.25) is 11.7 Å². The smallest absolute Gasteiger partial charge is 0.375 e. The Labute approximate surface area is 96.0 Å². The average molecular weight is 238 g/mol. The SMILES string of the molecule is CCOC(=O)c1nc(N2CC(=O)CC2=O)n[nH]1. The normalized spacial score (nSPS) is 15.5. The van der Waals surface area contributed by atoms with Gasteiger partial charge in [-0.25, -0.2) is 4.79 Å². The third kappa shape index (κ3) is 2.14. The van der Waals surface area contributed by atoms with Crippen molar-refractivity contribution in [3.63, 3.8) is 0 Å². The molecule has 8 nitrogen and oxygen atoms in total. The van der Waals surface area contributed by atoms with Crippen molar-refractivity contribution in [2.75, 3.05) is 18.1 Å². The number of carbonyl (C=O) groups is 3. The molecule has 0 radical (unpaired) electrons. The van der Waals surface area contributed by atoms with Crippen LogP contribution in [0, 0.1) is 0 Å². The number of ether oxygens (including phenoxy) is 1. The van der Waals surface area contributed by atoms with Crippen LogP contribution >= 0.6 is 0 Å². The Morgan fingerprint density at radius 2 is 2.29 bits per heavy atom. The first-order valence-electron chi connectivity index (χ1n) is 5.03. The molecule has 1 amide bonds. The van der Waals surface area contributed by atoms with Gasteiger partial charge in [-0.15, -0.1) is 5.10 Å². The number of ketones is 1. The molecule has 17 heavy (non-hydrogen) atoms. The molecule has 8 heteroatoms. The second-order valence-corrected chi connectivity index (χ2v) is 3.40. The first-order valence-corrected chi connectivity index (χ1v) is 5.03. The molecule has 90 valence electrons. The average Bonchev–Trinajstić information content (AvgIpc) is 2.85. The van der Waals surface area contributed by atoms with E-state index in [0.29, 0.717) is 0 Å². The lowest BCUT2D eigenvalue weighted by Gasteiger charge is -2.07. The Morgan fingerprint density at radius 1 is 1.53 bits per heavy atom. The molecule has 1 aromatic heterocycles. The summed E-state index contributed by atoms with van der Waals surface area (Å²) >= 11 is 0. The van der Waals surface area contributed by atoms with E-state index in [4.69, 9.17) is 4.74 Å². The summed E-state index contributed by atoms with van der Waals surface area (Å²) in [7, 11) is 0. The molecular weight excluding hydrogens is 228 g/mol. The Morgan fingerprint density at radius 3 is 2.88 bits per heavy atom. The molecule has 1 aliphatic rings. The zero-order valence-corrected chi connectivity index (χ0v) is 9.10. The van der Waals surface area contributed by atoms with Crippen LogP contribution in [0.5, 0.6) is 0 Å². The molecule has 1 aliphatic heterocycles. The van der Waals surface area contributed by atoms with Gasteiger partial charge < -0.3 is 4.74 Å². The number of aromatic amines is 1. The van der Waals surface area contributed by atoms with Gasteiger partial charge in [-0.05, 0) is 6.92 Å². The maximum Gasteiger partial charge on any atom is 0.375 e. The zero-order chi connectivity index (χ0) is 12.4. The van der Waals surface area contributed by atoms with Crippen molar-refractivity contribution >= 4 is 23.6 Å². The maximum atomic E-state index is 11.4. The minimum Gasteiger partial charge on any atom is -0.460 e. The fraction of sp³-hybridized carbons (Fsp3) is 0.444. The molecule has 0 aromatic carbocycles. The highest BCUT2D eigenvalue weighted by Crippen LogP contribution is 2.14. The third-order valence-electron chi connectivity index (χ3n) is 2.17. The largest absolute Gasteiger partial charge is 0.460 e. The highest BCUT2D eigenvalue weighted by atomic mass is 16.5. The highest BCUT2D eigenvalue weighted by molar-refractivity contribution is 6.14. The van der Waals surface area contributed by atoms with E-state index in [1.165, 1.54) is 0 Å². The van der Waals surface area contributed by atoms with Crippen molar-refractivity contribution in [2.24, 2.45) is 0 Å². The molecule has 1 aromatic rings. The van der Waals surface area contributed by atoms with Gasteiger partial charge in [0.25, 0.3) is 5.95 Å². The molecule has 0 bridgehead atoms. The molecule has 0 atom stereocenters. The number of esters is 1. The molecule has 0 unspecified atom stereocenters. The van der Waals surface area contributed by atoms with Crippen molar-refractivity contribution in [3.05, 3.63) is 5.82 Å². The molecule has 0 saturated carbocycles. The van der Waals surface area contributed by atoms with Crippen LogP contribution in [-0.4, -0.2) is 46.0 Å². The van der Waals surface area contributed by atoms with Crippen molar-refractivity contribution in [1.82, 2.24) is 15.2 Å². The van der Waals surface area contributed by atoms with Gasteiger partial charge in [0, 0.05) is 0 Å². The van der Waals surface area contributed by atoms with Crippen LogP contribution in [0.4, 0.5) is 5.95 Å². The third-order valence-corrected chi connectivity index (χ3v) is 2.17. The van der Waals surface area contributed by atoms with Gasteiger partial charge in [0.05, 0.1) is 19.6 Å². The zero-order valence-electron chi connectivity index (χ0n) is 9.10. The van der Waals surface area contributed by atoms with E-state index in [2.05, 4.69) is 15.2 Å². The minimum atomic E-state index is -0.649. The Hall–Kier alpha value is -2.25. The second kappa shape index (κ2) is 4.32. The summed E-state index contributed by atoms with van der Waals surface area (Å²) in [5.41, 5.74) is 0. The van der Waals surface area contributed by atoms with E-state index >= 15 is 0 Å². The van der Waals surface area contributed by atoms with Crippen molar-refractivity contribution < 1.29 is 19.1 Å². The van der Waals surface area contributed by atoms with Crippen LogP contribution in [-0.2, 0) is 14.3 Å². The standard InChI is InChI=1S/C9H10N4O4/c1-2-17-8(16)7-10-9(12-11-7)13-4-5(14)3-6(13)15/h2-4H2,1H3,(H,10,11,12).